The molecule has 4 aliphatic rings. The second kappa shape index (κ2) is 6.92. The minimum atomic E-state index is -0.446. The Morgan fingerprint density at radius 1 is 1.13 bits per heavy atom. The second-order valence-electron chi connectivity index (χ2n) is 9.17. The highest BCUT2D eigenvalue weighted by molar-refractivity contribution is 6.10. The Labute approximate surface area is 175 Å². The van der Waals surface area contributed by atoms with Crippen LogP contribution < -0.4 is 5.32 Å². The lowest BCUT2D eigenvalue weighted by atomic mass is 9.71. The summed E-state index contributed by atoms with van der Waals surface area (Å²) < 4.78 is 13.6. The monoisotopic (exact) mass is 411 g/mol. The topological polar surface area (TPSA) is 82.8 Å². The molecular formula is C22H29N5O3. The number of aryl methyl sites for hydroxylation is 1. The van der Waals surface area contributed by atoms with Crippen LogP contribution in [0.3, 0.4) is 0 Å². The van der Waals surface area contributed by atoms with Crippen LogP contribution in [-0.4, -0.2) is 51.1 Å². The van der Waals surface area contributed by atoms with Gasteiger partial charge in [0.25, 0.3) is 0 Å². The lowest BCUT2D eigenvalue weighted by Gasteiger charge is -2.48. The minimum absolute atomic E-state index is 0.301. The molecule has 2 spiro atoms. The molecule has 0 bridgehead atoms. The van der Waals surface area contributed by atoms with Crippen molar-refractivity contribution in [1.29, 1.82) is 0 Å². The maximum absolute atomic E-state index is 5.97. The summed E-state index contributed by atoms with van der Waals surface area (Å²) in [5.41, 5.74) is 3.72. The number of rotatable bonds is 4. The fourth-order valence-electron chi connectivity index (χ4n) is 5.57. The van der Waals surface area contributed by atoms with Gasteiger partial charge in [0, 0.05) is 43.6 Å². The van der Waals surface area contributed by atoms with Gasteiger partial charge in [-0.05, 0) is 19.8 Å². The van der Waals surface area contributed by atoms with E-state index in [0.717, 1.165) is 53.8 Å². The summed E-state index contributed by atoms with van der Waals surface area (Å²) >= 11 is 0. The fraction of sp³-hybridized carbons (Fsp3) is 0.682. The van der Waals surface area contributed by atoms with Crippen LogP contribution >= 0.6 is 0 Å². The molecule has 8 nitrogen and oxygen atoms in total. The summed E-state index contributed by atoms with van der Waals surface area (Å²) in [7, 11) is 0. The van der Waals surface area contributed by atoms with Crippen LogP contribution in [0.2, 0.25) is 0 Å². The Bertz CT molecular complexity index is 980. The molecule has 3 fully saturated rings. The number of aromatic nitrogens is 3. The van der Waals surface area contributed by atoms with Crippen molar-refractivity contribution in [2.45, 2.75) is 82.3 Å². The van der Waals surface area contributed by atoms with Crippen LogP contribution in [0.1, 0.15) is 63.9 Å². The van der Waals surface area contributed by atoms with E-state index in [1.807, 2.05) is 17.1 Å². The van der Waals surface area contributed by atoms with E-state index in [1.165, 1.54) is 32.1 Å². The summed E-state index contributed by atoms with van der Waals surface area (Å²) in [5, 5.41) is 14.0. The Balaban J connectivity index is 1.31. The predicted octanol–water partition coefficient (Wildman–Crippen LogP) is 3.60. The molecular weight excluding hydrogens is 382 g/mol. The van der Waals surface area contributed by atoms with Crippen molar-refractivity contribution in [3.8, 4) is 0 Å². The molecule has 0 unspecified atom stereocenters. The second-order valence-corrected chi connectivity index (χ2v) is 9.17. The molecule has 2 aliphatic carbocycles. The molecule has 2 saturated carbocycles. The van der Waals surface area contributed by atoms with E-state index in [1.54, 1.807) is 0 Å². The van der Waals surface area contributed by atoms with E-state index in [-0.39, 0.29) is 5.60 Å². The third-order valence-corrected chi connectivity index (χ3v) is 7.07. The largest absolute Gasteiger partial charge is 0.388 e. The Morgan fingerprint density at radius 2 is 1.93 bits per heavy atom. The van der Waals surface area contributed by atoms with Crippen molar-refractivity contribution in [1.82, 2.24) is 14.8 Å². The Hall–Kier alpha value is -2.19. The molecule has 1 N–H and O–H groups in total. The summed E-state index contributed by atoms with van der Waals surface area (Å²) in [5.74, 6) is -0.446. The first kappa shape index (κ1) is 18.6. The van der Waals surface area contributed by atoms with Gasteiger partial charge in [-0.2, -0.15) is 5.10 Å². The number of ether oxygens (including phenoxy) is 2. The minimum Gasteiger partial charge on any atom is -0.388 e. The van der Waals surface area contributed by atoms with E-state index in [2.05, 4.69) is 22.5 Å². The lowest BCUT2D eigenvalue weighted by Crippen LogP contribution is -2.57. The zero-order valence-electron chi connectivity index (χ0n) is 17.5. The van der Waals surface area contributed by atoms with Crippen molar-refractivity contribution >= 4 is 22.4 Å². The average Bonchev–Trinajstić information content (AvgIpc) is 3.48. The van der Waals surface area contributed by atoms with Crippen LogP contribution in [0, 0.1) is 0 Å². The molecule has 4 heterocycles. The SMILES string of the molecule is CCn1ncc2c(NC3CCCCC3)c(C3=NOC4(C3)CC3(C4)OCCO3)cnc21. The number of fused-ring (bicyclic) bond motifs is 1. The first-order valence-electron chi connectivity index (χ1n) is 11.3. The number of oxime groups is 1. The van der Waals surface area contributed by atoms with Gasteiger partial charge in [0.15, 0.2) is 17.0 Å². The van der Waals surface area contributed by atoms with Gasteiger partial charge in [0.1, 0.15) is 0 Å². The van der Waals surface area contributed by atoms with Gasteiger partial charge in [0.2, 0.25) is 0 Å². The number of nitrogens with one attached hydrogen (secondary N) is 1. The first-order valence-corrected chi connectivity index (χ1v) is 11.3. The molecule has 2 aromatic rings. The van der Waals surface area contributed by atoms with E-state index in [4.69, 9.17) is 19.3 Å². The summed E-state index contributed by atoms with van der Waals surface area (Å²) in [4.78, 5) is 10.7. The number of nitrogens with zero attached hydrogens (tertiary/aromatic N) is 4. The van der Waals surface area contributed by atoms with Crippen LogP contribution in [0.5, 0.6) is 0 Å². The summed E-state index contributed by atoms with van der Waals surface area (Å²) in [6, 6.07) is 0.484. The van der Waals surface area contributed by atoms with Crippen molar-refractivity contribution in [3.05, 3.63) is 18.0 Å². The molecule has 2 aliphatic heterocycles. The van der Waals surface area contributed by atoms with Crippen molar-refractivity contribution in [2.24, 2.45) is 5.16 Å². The van der Waals surface area contributed by atoms with Gasteiger partial charge in [-0.3, -0.25) is 0 Å². The number of pyridine rings is 1. The number of hydrogen-bond donors (Lipinski definition) is 1. The average molecular weight is 412 g/mol. The summed E-state index contributed by atoms with van der Waals surface area (Å²) in [6.07, 6.45) is 12.4. The van der Waals surface area contributed by atoms with Gasteiger partial charge in [-0.1, -0.05) is 24.4 Å². The third kappa shape index (κ3) is 2.92. The molecule has 6 rings (SSSR count). The van der Waals surface area contributed by atoms with Crippen LogP contribution in [0.15, 0.2) is 17.5 Å². The van der Waals surface area contributed by atoms with Crippen LogP contribution in [0.25, 0.3) is 11.0 Å². The quantitative estimate of drug-likeness (QED) is 0.828. The van der Waals surface area contributed by atoms with E-state index >= 15 is 0 Å². The lowest BCUT2D eigenvalue weighted by molar-refractivity contribution is -0.290. The zero-order chi connectivity index (χ0) is 20.2. The molecule has 30 heavy (non-hydrogen) atoms. The van der Waals surface area contributed by atoms with E-state index < -0.39 is 5.79 Å². The first-order chi connectivity index (χ1) is 14.7. The highest BCUT2D eigenvalue weighted by Gasteiger charge is 2.63. The fourth-order valence-corrected chi connectivity index (χ4v) is 5.57. The predicted molar refractivity (Wildman–Crippen MR) is 113 cm³/mol. The third-order valence-electron chi connectivity index (χ3n) is 7.07. The van der Waals surface area contributed by atoms with Crippen molar-refractivity contribution in [2.75, 3.05) is 18.5 Å². The molecule has 2 aromatic heterocycles. The van der Waals surface area contributed by atoms with Crippen molar-refractivity contribution in [3.63, 3.8) is 0 Å². The Kier molecular flexibility index (Phi) is 4.28. The van der Waals surface area contributed by atoms with Crippen LogP contribution in [0.4, 0.5) is 5.69 Å². The molecule has 1 saturated heterocycles. The van der Waals surface area contributed by atoms with Crippen molar-refractivity contribution < 1.29 is 14.3 Å². The molecule has 0 aromatic carbocycles. The standard InChI is InChI=1S/C22H29N5O3/c1-2-27-20-17(12-24-27)19(25-15-6-4-3-5-7-15)16(11-23-20)18-10-21(30-26-18)13-22(14-21)28-8-9-29-22/h11-12,15H,2-10,13-14H2,1H3,(H,23,25). The van der Waals surface area contributed by atoms with Gasteiger partial charge in [-0.25, -0.2) is 9.67 Å². The number of anilines is 1. The van der Waals surface area contributed by atoms with Gasteiger partial charge in [0.05, 0.1) is 36.2 Å². The van der Waals surface area contributed by atoms with E-state index in [9.17, 15) is 0 Å². The Morgan fingerprint density at radius 3 is 2.70 bits per heavy atom. The van der Waals surface area contributed by atoms with Crippen LogP contribution in [-0.2, 0) is 20.9 Å². The molecule has 0 radical (unpaired) electrons. The number of hydrogen-bond acceptors (Lipinski definition) is 7. The van der Waals surface area contributed by atoms with E-state index in [0.29, 0.717) is 19.3 Å². The molecule has 160 valence electrons. The van der Waals surface area contributed by atoms with Gasteiger partial charge >= 0.3 is 0 Å². The van der Waals surface area contributed by atoms with Gasteiger partial charge < -0.3 is 19.6 Å². The zero-order valence-corrected chi connectivity index (χ0v) is 17.5. The van der Waals surface area contributed by atoms with Gasteiger partial charge in [-0.15, -0.1) is 0 Å². The molecule has 0 amide bonds. The normalized spacial score (nSPS) is 24.9. The smallest absolute Gasteiger partial charge is 0.176 e. The highest BCUT2D eigenvalue weighted by Crippen LogP contribution is 2.53. The highest BCUT2D eigenvalue weighted by atomic mass is 16.8. The maximum Gasteiger partial charge on any atom is 0.176 e. The summed E-state index contributed by atoms with van der Waals surface area (Å²) in [6.45, 7) is 4.23. The maximum atomic E-state index is 5.97. The molecule has 8 heteroatoms. The molecule has 0 atom stereocenters.